The Balaban J connectivity index is 1.46. The van der Waals surface area contributed by atoms with Crippen molar-refractivity contribution >= 4 is 16.6 Å². The van der Waals surface area contributed by atoms with Crippen LogP contribution in [-0.4, -0.2) is 31.9 Å². The average Bonchev–Trinajstić information content (AvgIpc) is 3.20. The first-order valence-corrected chi connectivity index (χ1v) is 9.50. The Bertz CT molecular complexity index is 1300. The molecular formula is C23H19N5O. The number of rotatable bonds is 5. The number of benzene rings is 2. The number of methoxy groups -OCH3 is 1. The van der Waals surface area contributed by atoms with Crippen molar-refractivity contribution in [3.63, 3.8) is 0 Å². The van der Waals surface area contributed by atoms with Crippen molar-refractivity contribution in [1.82, 2.24) is 24.8 Å². The fourth-order valence-electron chi connectivity index (χ4n) is 3.53. The highest BCUT2D eigenvalue weighted by Gasteiger charge is 2.10. The summed E-state index contributed by atoms with van der Waals surface area (Å²) in [7, 11) is 1.66. The van der Waals surface area contributed by atoms with E-state index in [4.69, 9.17) is 9.84 Å². The number of hydrogen-bond donors (Lipinski definition) is 0. The van der Waals surface area contributed by atoms with Crippen molar-refractivity contribution < 1.29 is 4.74 Å². The van der Waals surface area contributed by atoms with Gasteiger partial charge in [-0.25, -0.2) is 0 Å². The maximum Gasteiger partial charge on any atom is 0.177 e. The number of ether oxygens (including phenoxy) is 1. The zero-order chi connectivity index (χ0) is 19.6. The van der Waals surface area contributed by atoms with Crippen LogP contribution >= 0.6 is 0 Å². The molecule has 0 fully saturated rings. The van der Waals surface area contributed by atoms with Gasteiger partial charge in [0.25, 0.3) is 0 Å². The summed E-state index contributed by atoms with van der Waals surface area (Å²) in [6.45, 7) is 0. The molecule has 0 aliphatic carbocycles. The molecule has 0 spiro atoms. The van der Waals surface area contributed by atoms with E-state index in [1.54, 1.807) is 7.11 Å². The summed E-state index contributed by atoms with van der Waals surface area (Å²) in [4.78, 5) is 4.47. The second kappa shape index (κ2) is 7.31. The molecule has 5 rings (SSSR count). The lowest BCUT2D eigenvalue weighted by molar-refractivity contribution is 0.415. The molecule has 0 amide bonds. The van der Waals surface area contributed by atoms with E-state index in [0.29, 0.717) is 0 Å². The lowest BCUT2D eigenvalue weighted by Gasteiger charge is -2.07. The highest BCUT2D eigenvalue weighted by atomic mass is 16.5. The van der Waals surface area contributed by atoms with Crippen LogP contribution in [0.3, 0.4) is 0 Å². The van der Waals surface area contributed by atoms with E-state index < -0.39 is 0 Å². The van der Waals surface area contributed by atoms with E-state index in [9.17, 15) is 0 Å². The summed E-state index contributed by atoms with van der Waals surface area (Å²) >= 11 is 0. The molecular weight excluding hydrogens is 362 g/mol. The summed E-state index contributed by atoms with van der Waals surface area (Å²) in [5, 5.41) is 14.5. The molecule has 0 radical (unpaired) electrons. The standard InChI is InChI=1S/C23H19N5O/c1-29-18-8-9-19-16(13-14-24-21(19)15-18)7-11-22-25-26-23-12-10-20(27-28(22)23)17-5-3-2-4-6-17/h2-6,8-10,12-15H,7,11H2,1H3. The first-order chi connectivity index (χ1) is 14.3. The Labute approximate surface area is 167 Å². The molecule has 2 aromatic carbocycles. The van der Waals surface area contributed by atoms with Crippen molar-refractivity contribution in [2.75, 3.05) is 7.11 Å². The maximum atomic E-state index is 5.31. The molecule has 6 nitrogen and oxygen atoms in total. The van der Waals surface area contributed by atoms with Gasteiger partial charge in [0, 0.05) is 29.6 Å². The molecule has 3 aromatic heterocycles. The lowest BCUT2D eigenvalue weighted by Crippen LogP contribution is -2.03. The Morgan fingerprint density at radius 2 is 1.79 bits per heavy atom. The lowest BCUT2D eigenvalue weighted by atomic mass is 10.0. The van der Waals surface area contributed by atoms with E-state index in [0.717, 1.165) is 52.2 Å². The van der Waals surface area contributed by atoms with E-state index >= 15 is 0 Å². The van der Waals surface area contributed by atoms with Crippen LogP contribution in [-0.2, 0) is 12.8 Å². The molecule has 142 valence electrons. The molecule has 0 unspecified atom stereocenters. The minimum atomic E-state index is 0.734. The molecule has 0 saturated heterocycles. The quantitative estimate of drug-likeness (QED) is 0.458. The van der Waals surface area contributed by atoms with Crippen LogP contribution in [0.5, 0.6) is 5.75 Å². The molecule has 0 bridgehead atoms. The number of pyridine rings is 1. The second-order valence-corrected chi connectivity index (χ2v) is 6.82. The average molecular weight is 381 g/mol. The SMILES string of the molecule is COc1ccc2c(CCc3nnc4ccc(-c5ccccc5)nn34)ccnc2c1. The summed E-state index contributed by atoms with van der Waals surface area (Å²) in [6, 6.07) is 22.1. The Hall–Kier alpha value is -3.80. The second-order valence-electron chi connectivity index (χ2n) is 6.82. The van der Waals surface area contributed by atoms with Crippen LogP contribution in [0.4, 0.5) is 0 Å². The fourth-order valence-corrected chi connectivity index (χ4v) is 3.53. The Kier molecular flexibility index (Phi) is 4.37. The third-order valence-corrected chi connectivity index (χ3v) is 5.06. The van der Waals surface area contributed by atoms with Crippen LogP contribution in [0.15, 0.2) is 72.9 Å². The van der Waals surface area contributed by atoms with Crippen LogP contribution in [0.1, 0.15) is 11.4 Å². The van der Waals surface area contributed by atoms with Gasteiger partial charge in [-0.05, 0) is 42.3 Å². The summed E-state index contributed by atoms with van der Waals surface area (Å²) in [6.07, 6.45) is 3.39. The maximum absolute atomic E-state index is 5.31. The van der Waals surface area contributed by atoms with Crippen molar-refractivity contribution in [2.45, 2.75) is 12.8 Å². The van der Waals surface area contributed by atoms with Gasteiger partial charge in [-0.1, -0.05) is 30.3 Å². The topological polar surface area (TPSA) is 65.2 Å². The van der Waals surface area contributed by atoms with Crippen molar-refractivity contribution in [2.24, 2.45) is 0 Å². The molecule has 5 aromatic rings. The van der Waals surface area contributed by atoms with Gasteiger partial charge in [-0.2, -0.15) is 9.61 Å². The third-order valence-electron chi connectivity index (χ3n) is 5.06. The first-order valence-electron chi connectivity index (χ1n) is 9.50. The molecule has 0 aliphatic rings. The highest BCUT2D eigenvalue weighted by molar-refractivity contribution is 5.83. The van der Waals surface area contributed by atoms with E-state index in [1.807, 2.05) is 53.2 Å². The highest BCUT2D eigenvalue weighted by Crippen LogP contribution is 2.23. The molecule has 0 saturated carbocycles. The van der Waals surface area contributed by atoms with Crippen molar-refractivity contribution in [3.05, 3.63) is 84.3 Å². The smallest absolute Gasteiger partial charge is 0.177 e. The predicted octanol–water partition coefficient (Wildman–Crippen LogP) is 4.13. The number of aromatic nitrogens is 5. The molecule has 0 atom stereocenters. The van der Waals surface area contributed by atoms with Crippen LogP contribution in [0.25, 0.3) is 27.8 Å². The van der Waals surface area contributed by atoms with Gasteiger partial charge in [0.05, 0.1) is 18.3 Å². The first kappa shape index (κ1) is 17.3. The van der Waals surface area contributed by atoms with E-state index in [2.05, 4.69) is 39.4 Å². The summed E-state index contributed by atoms with van der Waals surface area (Å²) < 4.78 is 7.15. The van der Waals surface area contributed by atoms with Gasteiger partial charge in [0.1, 0.15) is 5.75 Å². The Morgan fingerprint density at radius 3 is 2.66 bits per heavy atom. The van der Waals surface area contributed by atoms with Gasteiger partial charge >= 0.3 is 0 Å². The van der Waals surface area contributed by atoms with Crippen molar-refractivity contribution in [1.29, 1.82) is 0 Å². The van der Waals surface area contributed by atoms with Crippen molar-refractivity contribution in [3.8, 4) is 17.0 Å². The number of aryl methyl sites for hydroxylation is 2. The normalized spacial score (nSPS) is 11.2. The summed E-state index contributed by atoms with van der Waals surface area (Å²) in [5.74, 6) is 1.65. The van der Waals surface area contributed by atoms with E-state index in [-0.39, 0.29) is 0 Å². The van der Waals surface area contributed by atoms with Crippen LogP contribution in [0.2, 0.25) is 0 Å². The van der Waals surface area contributed by atoms with Gasteiger partial charge in [-0.15, -0.1) is 10.2 Å². The van der Waals surface area contributed by atoms with Crippen LogP contribution < -0.4 is 4.74 Å². The molecule has 6 heteroatoms. The van der Waals surface area contributed by atoms with Gasteiger partial charge in [0.15, 0.2) is 11.5 Å². The monoisotopic (exact) mass is 381 g/mol. The molecule has 0 N–H and O–H groups in total. The molecule has 3 heterocycles. The number of hydrogen-bond acceptors (Lipinski definition) is 5. The zero-order valence-electron chi connectivity index (χ0n) is 16.0. The van der Waals surface area contributed by atoms with E-state index in [1.165, 1.54) is 5.56 Å². The predicted molar refractivity (Wildman–Crippen MR) is 112 cm³/mol. The third kappa shape index (κ3) is 3.29. The number of fused-ring (bicyclic) bond motifs is 2. The fraction of sp³-hybridized carbons (Fsp3) is 0.130. The van der Waals surface area contributed by atoms with Gasteiger partial charge < -0.3 is 4.74 Å². The van der Waals surface area contributed by atoms with Gasteiger partial charge in [0.2, 0.25) is 0 Å². The number of nitrogens with zero attached hydrogens (tertiary/aromatic N) is 5. The minimum Gasteiger partial charge on any atom is -0.497 e. The zero-order valence-corrected chi connectivity index (χ0v) is 16.0. The van der Waals surface area contributed by atoms with Crippen LogP contribution in [0, 0.1) is 0 Å². The summed E-state index contributed by atoms with van der Waals surface area (Å²) in [5.41, 5.74) is 4.87. The molecule has 29 heavy (non-hydrogen) atoms. The largest absolute Gasteiger partial charge is 0.497 e. The van der Waals surface area contributed by atoms with Gasteiger partial charge in [-0.3, -0.25) is 4.98 Å². The Morgan fingerprint density at radius 1 is 0.897 bits per heavy atom. The molecule has 0 aliphatic heterocycles. The minimum absolute atomic E-state index is 0.734.